The summed E-state index contributed by atoms with van der Waals surface area (Å²) in [5.41, 5.74) is 0. The van der Waals surface area contributed by atoms with Crippen LogP contribution in [-0.4, -0.2) is 27.0 Å². The molecular formula is C12H8N2O3S2. The Kier molecular flexibility index (Phi) is 3.22. The van der Waals surface area contributed by atoms with Crippen LogP contribution in [0.15, 0.2) is 40.0 Å². The number of carboxylic acids is 1. The van der Waals surface area contributed by atoms with Crippen molar-refractivity contribution in [3.63, 3.8) is 0 Å². The Morgan fingerprint density at radius 3 is 3.00 bits per heavy atom. The standard InChI is InChI=1S/C12H8N2O3S2/c15-10(16)6-18-12-14-13-11(17-12)9-5-7-3-1-2-4-8(7)19-9/h1-5H,6H2,(H,15,16). The van der Waals surface area contributed by atoms with Crippen LogP contribution in [-0.2, 0) is 4.79 Å². The second kappa shape index (κ2) is 5.02. The average Bonchev–Trinajstić information content (AvgIpc) is 3.02. The fourth-order valence-electron chi connectivity index (χ4n) is 1.58. The molecule has 2 heterocycles. The van der Waals surface area contributed by atoms with Gasteiger partial charge in [-0.15, -0.1) is 21.5 Å². The molecule has 0 unspecified atom stereocenters. The topological polar surface area (TPSA) is 76.2 Å². The van der Waals surface area contributed by atoms with Gasteiger partial charge in [0.1, 0.15) is 5.75 Å². The average molecular weight is 292 g/mol. The van der Waals surface area contributed by atoms with E-state index in [9.17, 15) is 4.79 Å². The predicted molar refractivity (Wildman–Crippen MR) is 73.5 cm³/mol. The van der Waals surface area contributed by atoms with E-state index in [0.29, 0.717) is 5.89 Å². The van der Waals surface area contributed by atoms with Gasteiger partial charge in [-0.1, -0.05) is 30.0 Å². The first kappa shape index (κ1) is 12.2. The lowest BCUT2D eigenvalue weighted by atomic mass is 10.2. The van der Waals surface area contributed by atoms with E-state index in [4.69, 9.17) is 9.52 Å². The number of fused-ring (bicyclic) bond motifs is 1. The quantitative estimate of drug-likeness (QED) is 0.744. The summed E-state index contributed by atoms with van der Waals surface area (Å²) in [5, 5.41) is 17.7. The Hall–Kier alpha value is -1.86. The number of aliphatic carboxylic acids is 1. The van der Waals surface area contributed by atoms with E-state index in [0.717, 1.165) is 26.7 Å². The van der Waals surface area contributed by atoms with Gasteiger partial charge in [0, 0.05) is 4.70 Å². The van der Waals surface area contributed by atoms with E-state index in [-0.39, 0.29) is 11.0 Å². The first-order valence-corrected chi connectivity index (χ1v) is 7.19. The summed E-state index contributed by atoms with van der Waals surface area (Å²) in [6.45, 7) is 0. The zero-order valence-electron chi connectivity index (χ0n) is 9.57. The maximum absolute atomic E-state index is 10.5. The summed E-state index contributed by atoms with van der Waals surface area (Å²) >= 11 is 2.58. The fourth-order valence-corrected chi connectivity index (χ4v) is 3.05. The fraction of sp³-hybridized carbons (Fsp3) is 0.0833. The molecule has 0 aliphatic rings. The summed E-state index contributed by atoms with van der Waals surface area (Å²) in [4.78, 5) is 11.3. The minimum Gasteiger partial charge on any atom is -0.481 e. The van der Waals surface area contributed by atoms with Gasteiger partial charge >= 0.3 is 5.97 Å². The number of rotatable bonds is 4. The molecule has 0 aliphatic heterocycles. The summed E-state index contributed by atoms with van der Waals surface area (Å²) in [5.74, 6) is -0.575. The molecule has 0 aliphatic carbocycles. The molecule has 1 aromatic carbocycles. The van der Waals surface area contributed by atoms with Crippen molar-refractivity contribution in [2.45, 2.75) is 5.22 Å². The minimum absolute atomic E-state index is 0.0892. The van der Waals surface area contributed by atoms with Gasteiger partial charge in [0.2, 0.25) is 0 Å². The highest BCUT2D eigenvalue weighted by Crippen LogP contribution is 2.33. The lowest BCUT2D eigenvalue weighted by molar-refractivity contribution is -0.133. The number of benzene rings is 1. The van der Waals surface area contributed by atoms with Crippen LogP contribution in [0.25, 0.3) is 20.9 Å². The number of thiophene rings is 1. The van der Waals surface area contributed by atoms with Crippen LogP contribution in [0.3, 0.4) is 0 Å². The third-order valence-corrected chi connectivity index (χ3v) is 4.27. The molecule has 0 saturated carbocycles. The van der Waals surface area contributed by atoms with E-state index >= 15 is 0 Å². The first-order valence-electron chi connectivity index (χ1n) is 5.39. The molecule has 0 amide bonds. The lowest BCUT2D eigenvalue weighted by Gasteiger charge is -1.88. The van der Waals surface area contributed by atoms with Crippen LogP contribution in [0.5, 0.6) is 0 Å². The van der Waals surface area contributed by atoms with Crippen LogP contribution < -0.4 is 0 Å². The minimum atomic E-state index is -0.911. The number of hydrogen-bond donors (Lipinski definition) is 1. The van der Waals surface area contributed by atoms with Gasteiger partial charge in [0.15, 0.2) is 0 Å². The Bertz CT molecular complexity index is 702. The number of thioether (sulfide) groups is 1. The molecule has 96 valence electrons. The summed E-state index contributed by atoms with van der Waals surface area (Å²) < 4.78 is 6.59. The molecule has 0 atom stereocenters. The van der Waals surface area contributed by atoms with Crippen molar-refractivity contribution < 1.29 is 14.3 Å². The van der Waals surface area contributed by atoms with Gasteiger partial charge < -0.3 is 9.52 Å². The molecule has 3 aromatic rings. The maximum Gasteiger partial charge on any atom is 0.314 e. The van der Waals surface area contributed by atoms with Gasteiger partial charge in [-0.25, -0.2) is 0 Å². The van der Waals surface area contributed by atoms with Gasteiger partial charge in [0.25, 0.3) is 11.1 Å². The molecule has 5 nitrogen and oxygen atoms in total. The van der Waals surface area contributed by atoms with E-state index < -0.39 is 5.97 Å². The van der Waals surface area contributed by atoms with Gasteiger partial charge in [0.05, 0.1) is 4.88 Å². The predicted octanol–water partition coefficient (Wildman–Crippen LogP) is 3.13. The third kappa shape index (κ3) is 2.61. The van der Waals surface area contributed by atoms with Gasteiger partial charge in [-0.3, -0.25) is 4.79 Å². The highest BCUT2D eigenvalue weighted by atomic mass is 32.2. The first-order chi connectivity index (χ1) is 9.22. The lowest BCUT2D eigenvalue weighted by Crippen LogP contribution is -1.97. The maximum atomic E-state index is 10.5. The normalized spacial score (nSPS) is 10.9. The van der Waals surface area contributed by atoms with E-state index in [2.05, 4.69) is 10.2 Å². The smallest absolute Gasteiger partial charge is 0.314 e. The van der Waals surface area contributed by atoms with Crippen molar-refractivity contribution in [2.75, 3.05) is 5.75 Å². The Balaban J connectivity index is 1.87. The Labute approximate surface area is 116 Å². The number of aromatic nitrogens is 2. The second-order valence-electron chi connectivity index (χ2n) is 3.70. The Morgan fingerprint density at radius 1 is 1.37 bits per heavy atom. The molecule has 3 rings (SSSR count). The molecule has 0 spiro atoms. The second-order valence-corrected chi connectivity index (χ2v) is 5.71. The summed E-state index contributed by atoms with van der Waals surface area (Å²) in [6.07, 6.45) is 0. The van der Waals surface area contributed by atoms with Crippen LogP contribution >= 0.6 is 23.1 Å². The molecule has 1 N–H and O–H groups in total. The largest absolute Gasteiger partial charge is 0.481 e. The van der Waals surface area contributed by atoms with Gasteiger partial charge in [-0.2, -0.15) is 0 Å². The van der Waals surface area contributed by atoms with Crippen molar-refractivity contribution in [1.82, 2.24) is 10.2 Å². The monoisotopic (exact) mass is 292 g/mol. The molecule has 0 fully saturated rings. The zero-order chi connectivity index (χ0) is 13.2. The molecule has 0 saturated heterocycles. The van der Waals surface area contributed by atoms with Crippen LogP contribution in [0, 0.1) is 0 Å². The molecule has 7 heteroatoms. The van der Waals surface area contributed by atoms with Gasteiger partial charge in [-0.05, 0) is 17.5 Å². The van der Waals surface area contributed by atoms with E-state index in [1.54, 1.807) is 11.3 Å². The van der Waals surface area contributed by atoms with E-state index in [1.807, 2.05) is 30.3 Å². The summed E-state index contributed by atoms with van der Waals surface area (Å²) in [6, 6.07) is 9.98. The molecule has 2 aromatic heterocycles. The van der Waals surface area contributed by atoms with Crippen LogP contribution in [0.2, 0.25) is 0 Å². The molecule has 0 bridgehead atoms. The highest BCUT2D eigenvalue weighted by Gasteiger charge is 2.13. The van der Waals surface area contributed by atoms with Crippen molar-refractivity contribution in [3.8, 4) is 10.8 Å². The van der Waals surface area contributed by atoms with Crippen molar-refractivity contribution in [2.24, 2.45) is 0 Å². The SMILES string of the molecule is O=C(O)CSc1nnc(-c2cc3ccccc3s2)o1. The Morgan fingerprint density at radius 2 is 2.21 bits per heavy atom. The van der Waals surface area contributed by atoms with Crippen molar-refractivity contribution in [3.05, 3.63) is 30.3 Å². The number of nitrogens with zero attached hydrogens (tertiary/aromatic N) is 2. The highest BCUT2D eigenvalue weighted by molar-refractivity contribution is 7.99. The van der Waals surface area contributed by atoms with Crippen LogP contribution in [0.1, 0.15) is 0 Å². The number of carboxylic acid groups (broad SMARTS) is 1. The van der Waals surface area contributed by atoms with Crippen molar-refractivity contribution in [1.29, 1.82) is 0 Å². The van der Waals surface area contributed by atoms with Crippen LogP contribution in [0.4, 0.5) is 0 Å². The molecule has 0 radical (unpaired) electrons. The molecule has 19 heavy (non-hydrogen) atoms. The summed E-state index contributed by atoms with van der Waals surface area (Å²) in [7, 11) is 0. The number of hydrogen-bond acceptors (Lipinski definition) is 6. The third-order valence-electron chi connectivity index (χ3n) is 2.36. The van der Waals surface area contributed by atoms with E-state index in [1.165, 1.54) is 0 Å². The zero-order valence-corrected chi connectivity index (χ0v) is 11.2. The number of carbonyl (C=O) groups is 1. The van der Waals surface area contributed by atoms with Crippen molar-refractivity contribution >= 4 is 39.2 Å². The molecular weight excluding hydrogens is 284 g/mol.